The van der Waals surface area contributed by atoms with Crippen LogP contribution in [0.5, 0.6) is 0 Å². The summed E-state index contributed by atoms with van der Waals surface area (Å²) >= 11 is 3.97. The van der Waals surface area contributed by atoms with Crippen molar-refractivity contribution < 1.29 is 14.3 Å². The Balaban J connectivity index is 3.77. The molecule has 0 heterocycles. The number of allylic oxidation sites excluding steroid dienone is 3. The Morgan fingerprint density at radius 3 is 2.67 bits per heavy atom. The molecule has 0 N–H and O–H groups in total. The topological polar surface area (TPSA) is 35.5 Å². The first-order valence-electron chi connectivity index (χ1n) is 7.57. The van der Waals surface area contributed by atoms with Crippen LogP contribution in [0.3, 0.4) is 0 Å². The minimum atomic E-state index is -0.316. The molecule has 0 aliphatic heterocycles. The van der Waals surface area contributed by atoms with Crippen LogP contribution < -0.4 is 0 Å². The molecule has 0 bridgehead atoms. The van der Waals surface area contributed by atoms with Crippen LogP contribution in [-0.4, -0.2) is 31.0 Å². The SMILES string of the molecule is COC(C)(C)CCCC(C)CC=CC=CC(=O)OCCS. The zero-order valence-electron chi connectivity index (χ0n) is 13.8. The van der Waals surface area contributed by atoms with E-state index < -0.39 is 0 Å². The molecule has 1 unspecified atom stereocenters. The van der Waals surface area contributed by atoms with Gasteiger partial charge in [-0.05, 0) is 32.6 Å². The quantitative estimate of drug-likeness (QED) is 0.269. The first kappa shape index (κ1) is 20.3. The monoisotopic (exact) mass is 314 g/mol. The molecule has 0 spiro atoms. The van der Waals surface area contributed by atoms with Gasteiger partial charge < -0.3 is 9.47 Å². The maximum absolute atomic E-state index is 11.2. The van der Waals surface area contributed by atoms with E-state index in [1.807, 2.05) is 6.08 Å². The van der Waals surface area contributed by atoms with E-state index in [-0.39, 0.29) is 11.6 Å². The van der Waals surface area contributed by atoms with E-state index in [1.165, 1.54) is 18.9 Å². The van der Waals surface area contributed by atoms with E-state index in [1.54, 1.807) is 13.2 Å². The minimum Gasteiger partial charge on any atom is -0.462 e. The van der Waals surface area contributed by atoms with Crippen molar-refractivity contribution in [1.82, 2.24) is 0 Å². The first-order chi connectivity index (χ1) is 9.91. The van der Waals surface area contributed by atoms with Gasteiger partial charge in [0.15, 0.2) is 0 Å². The minimum absolute atomic E-state index is 0.0222. The predicted molar refractivity (Wildman–Crippen MR) is 91.8 cm³/mol. The summed E-state index contributed by atoms with van der Waals surface area (Å²) in [7, 11) is 1.76. The molecular formula is C17H30O3S. The number of methoxy groups -OCH3 is 1. The average molecular weight is 314 g/mol. The van der Waals surface area contributed by atoms with Crippen molar-refractivity contribution >= 4 is 18.6 Å². The zero-order valence-corrected chi connectivity index (χ0v) is 14.7. The highest BCUT2D eigenvalue weighted by Crippen LogP contribution is 2.20. The van der Waals surface area contributed by atoms with Gasteiger partial charge in [-0.3, -0.25) is 0 Å². The molecule has 0 aromatic carbocycles. The molecule has 4 heteroatoms. The lowest BCUT2D eigenvalue weighted by Crippen LogP contribution is -2.22. The van der Waals surface area contributed by atoms with Gasteiger partial charge in [-0.15, -0.1) is 0 Å². The van der Waals surface area contributed by atoms with E-state index in [0.717, 1.165) is 12.8 Å². The summed E-state index contributed by atoms with van der Waals surface area (Å²) in [5.74, 6) is 0.870. The zero-order chi connectivity index (χ0) is 16.1. The summed E-state index contributed by atoms with van der Waals surface area (Å²) in [6.07, 6.45) is 11.6. The van der Waals surface area contributed by atoms with Crippen LogP contribution in [0, 0.1) is 5.92 Å². The summed E-state index contributed by atoms with van der Waals surface area (Å²) in [4.78, 5) is 11.2. The second-order valence-electron chi connectivity index (χ2n) is 5.88. The van der Waals surface area contributed by atoms with Crippen LogP contribution in [0.2, 0.25) is 0 Å². The summed E-state index contributed by atoms with van der Waals surface area (Å²) < 4.78 is 10.3. The van der Waals surface area contributed by atoms with Crippen LogP contribution in [0.25, 0.3) is 0 Å². The van der Waals surface area contributed by atoms with Gasteiger partial charge in [0, 0.05) is 18.9 Å². The molecule has 0 aromatic rings. The molecule has 1 atom stereocenters. The number of hydrogen-bond acceptors (Lipinski definition) is 4. The average Bonchev–Trinajstić information content (AvgIpc) is 2.44. The standard InChI is InChI=1S/C17H30O3S/c1-15(10-8-12-17(2,3)19-4)9-6-5-7-11-16(18)20-13-14-21/h5-7,11,15,21H,8-10,12-14H2,1-4H3. The normalized spacial score (nSPS) is 14.0. The first-order valence-corrected chi connectivity index (χ1v) is 8.20. The molecule has 3 nitrogen and oxygen atoms in total. The second-order valence-corrected chi connectivity index (χ2v) is 6.32. The molecule has 0 aliphatic rings. The summed E-state index contributed by atoms with van der Waals surface area (Å²) in [6.45, 7) is 6.84. The van der Waals surface area contributed by atoms with Crippen molar-refractivity contribution in [2.75, 3.05) is 19.5 Å². The van der Waals surface area contributed by atoms with Gasteiger partial charge in [-0.2, -0.15) is 12.6 Å². The Kier molecular flexibility index (Phi) is 11.5. The summed E-state index contributed by atoms with van der Waals surface area (Å²) in [5, 5.41) is 0. The number of ether oxygens (including phenoxy) is 2. The maximum atomic E-state index is 11.2. The number of carbonyl (C=O) groups excluding carboxylic acids is 1. The summed E-state index contributed by atoms with van der Waals surface area (Å²) in [5.41, 5.74) is -0.0222. The van der Waals surface area contributed by atoms with Gasteiger partial charge in [-0.1, -0.05) is 38.0 Å². The molecule has 0 saturated carbocycles. The Morgan fingerprint density at radius 2 is 2.05 bits per heavy atom. The highest BCUT2D eigenvalue weighted by Gasteiger charge is 2.15. The number of rotatable bonds is 11. The van der Waals surface area contributed by atoms with Crippen LogP contribution in [0.15, 0.2) is 24.3 Å². The third-order valence-electron chi connectivity index (χ3n) is 3.38. The molecule has 0 aromatic heterocycles. The van der Waals surface area contributed by atoms with Crippen molar-refractivity contribution in [3.63, 3.8) is 0 Å². The van der Waals surface area contributed by atoms with Crippen LogP contribution >= 0.6 is 12.6 Å². The van der Waals surface area contributed by atoms with Gasteiger partial charge >= 0.3 is 5.97 Å². The van der Waals surface area contributed by atoms with Crippen molar-refractivity contribution in [3.05, 3.63) is 24.3 Å². The van der Waals surface area contributed by atoms with E-state index in [0.29, 0.717) is 18.3 Å². The maximum Gasteiger partial charge on any atom is 0.330 e. The fourth-order valence-electron chi connectivity index (χ4n) is 1.81. The van der Waals surface area contributed by atoms with Crippen LogP contribution in [-0.2, 0) is 14.3 Å². The molecule has 0 aliphatic carbocycles. The lowest BCUT2D eigenvalue weighted by molar-refractivity contribution is -0.137. The summed E-state index contributed by atoms with van der Waals surface area (Å²) in [6, 6.07) is 0. The molecule has 0 fully saturated rings. The Hall–Kier alpha value is -0.740. The predicted octanol–water partition coefficient (Wildman–Crippen LogP) is 4.19. The molecule has 21 heavy (non-hydrogen) atoms. The van der Waals surface area contributed by atoms with Gasteiger partial charge in [0.25, 0.3) is 0 Å². The molecule has 0 amide bonds. The van der Waals surface area contributed by atoms with Crippen LogP contribution in [0.4, 0.5) is 0 Å². The largest absolute Gasteiger partial charge is 0.462 e. The van der Waals surface area contributed by atoms with E-state index in [2.05, 4.69) is 39.5 Å². The smallest absolute Gasteiger partial charge is 0.330 e. The lowest BCUT2D eigenvalue weighted by Gasteiger charge is -2.23. The van der Waals surface area contributed by atoms with Crippen molar-refractivity contribution in [3.8, 4) is 0 Å². The van der Waals surface area contributed by atoms with E-state index in [4.69, 9.17) is 9.47 Å². The molecule has 0 rings (SSSR count). The fraction of sp³-hybridized carbons (Fsp3) is 0.706. The molecule has 0 radical (unpaired) electrons. The van der Waals surface area contributed by atoms with Gasteiger partial charge in [0.1, 0.15) is 6.61 Å². The van der Waals surface area contributed by atoms with Gasteiger partial charge in [-0.25, -0.2) is 4.79 Å². The lowest BCUT2D eigenvalue weighted by atomic mass is 9.95. The highest BCUT2D eigenvalue weighted by atomic mass is 32.1. The molecular weight excluding hydrogens is 284 g/mol. The Bertz CT molecular complexity index is 335. The van der Waals surface area contributed by atoms with Crippen molar-refractivity contribution in [2.45, 2.75) is 52.1 Å². The third kappa shape index (κ3) is 12.7. The van der Waals surface area contributed by atoms with Crippen molar-refractivity contribution in [1.29, 1.82) is 0 Å². The number of hydrogen-bond donors (Lipinski definition) is 1. The third-order valence-corrected chi connectivity index (χ3v) is 3.56. The second kappa shape index (κ2) is 11.9. The molecule has 122 valence electrons. The van der Waals surface area contributed by atoms with E-state index in [9.17, 15) is 4.79 Å². The number of thiol groups is 1. The molecule has 0 saturated heterocycles. The van der Waals surface area contributed by atoms with Crippen molar-refractivity contribution in [2.24, 2.45) is 5.92 Å². The Morgan fingerprint density at radius 1 is 1.33 bits per heavy atom. The van der Waals surface area contributed by atoms with Gasteiger partial charge in [0.05, 0.1) is 5.60 Å². The Labute approximate surface area is 135 Å². The fourth-order valence-corrected chi connectivity index (χ4v) is 1.91. The number of carbonyl (C=O) groups is 1. The van der Waals surface area contributed by atoms with Crippen LogP contribution in [0.1, 0.15) is 46.5 Å². The van der Waals surface area contributed by atoms with Gasteiger partial charge in [0.2, 0.25) is 0 Å². The van der Waals surface area contributed by atoms with E-state index >= 15 is 0 Å². The number of esters is 1. The highest BCUT2D eigenvalue weighted by molar-refractivity contribution is 7.80.